The van der Waals surface area contributed by atoms with E-state index in [1.807, 2.05) is 11.7 Å². The quantitative estimate of drug-likeness (QED) is 0.874. The molecule has 0 saturated carbocycles. The van der Waals surface area contributed by atoms with Crippen molar-refractivity contribution in [3.63, 3.8) is 0 Å². The highest BCUT2D eigenvalue weighted by atomic mass is 15.3. The van der Waals surface area contributed by atoms with Crippen molar-refractivity contribution in [3.05, 3.63) is 11.3 Å². The van der Waals surface area contributed by atoms with Gasteiger partial charge in [0.05, 0.1) is 5.69 Å². The first-order valence-electron chi connectivity index (χ1n) is 6.57. The van der Waals surface area contributed by atoms with Crippen LogP contribution in [-0.2, 0) is 19.9 Å². The van der Waals surface area contributed by atoms with E-state index in [1.54, 1.807) is 0 Å². The molecule has 0 saturated heterocycles. The lowest BCUT2D eigenvalue weighted by Crippen LogP contribution is -2.20. The second-order valence-corrected chi connectivity index (χ2v) is 6.16. The molecule has 0 aliphatic heterocycles. The Hall–Kier alpha value is -0.990. The first-order valence-corrected chi connectivity index (χ1v) is 6.57. The second kappa shape index (κ2) is 5.11. The molecule has 1 unspecified atom stereocenters. The molecule has 0 spiro atoms. The molecule has 3 nitrogen and oxygen atoms in total. The molecule has 0 aliphatic carbocycles. The molecular formula is C14H27N3. The summed E-state index contributed by atoms with van der Waals surface area (Å²) in [6.07, 6.45) is 3.17. The van der Waals surface area contributed by atoms with Crippen molar-refractivity contribution in [2.45, 2.75) is 53.9 Å². The Morgan fingerprint density at radius 1 is 1.35 bits per heavy atom. The third-order valence-corrected chi connectivity index (χ3v) is 3.75. The summed E-state index contributed by atoms with van der Waals surface area (Å²) in [6, 6.07) is 0. The van der Waals surface area contributed by atoms with Gasteiger partial charge in [-0.05, 0) is 24.2 Å². The molecule has 1 heterocycles. The maximum atomic E-state index is 6.07. The molecule has 0 fully saturated rings. The molecule has 98 valence electrons. The summed E-state index contributed by atoms with van der Waals surface area (Å²) in [4.78, 5) is 0. The van der Waals surface area contributed by atoms with Gasteiger partial charge >= 0.3 is 0 Å². The smallest absolute Gasteiger partial charge is 0.124 e. The first kappa shape index (κ1) is 14.1. The monoisotopic (exact) mass is 237 g/mol. The van der Waals surface area contributed by atoms with Gasteiger partial charge in [-0.1, -0.05) is 41.0 Å². The Balaban J connectivity index is 2.94. The highest BCUT2D eigenvalue weighted by molar-refractivity contribution is 5.43. The molecule has 0 amide bonds. The molecule has 0 aromatic carbocycles. The molecule has 0 aliphatic rings. The van der Waals surface area contributed by atoms with E-state index in [0.29, 0.717) is 11.3 Å². The topological polar surface area (TPSA) is 43.8 Å². The number of aryl methyl sites for hydroxylation is 1. The van der Waals surface area contributed by atoms with Crippen molar-refractivity contribution in [3.8, 4) is 0 Å². The van der Waals surface area contributed by atoms with E-state index in [2.05, 4.69) is 39.7 Å². The third-order valence-electron chi connectivity index (χ3n) is 3.75. The molecule has 3 heteroatoms. The summed E-state index contributed by atoms with van der Waals surface area (Å²) in [7, 11) is 1.93. The van der Waals surface area contributed by atoms with Gasteiger partial charge in [-0.15, -0.1) is 0 Å². The lowest BCUT2D eigenvalue weighted by atomic mass is 9.79. The molecule has 2 N–H and O–H groups in total. The van der Waals surface area contributed by atoms with Crippen LogP contribution in [0.15, 0.2) is 0 Å². The molecule has 17 heavy (non-hydrogen) atoms. The minimum absolute atomic E-state index is 0.315. The fourth-order valence-electron chi connectivity index (χ4n) is 1.92. The second-order valence-electron chi connectivity index (χ2n) is 6.16. The zero-order valence-electron chi connectivity index (χ0n) is 12.2. The van der Waals surface area contributed by atoms with E-state index < -0.39 is 0 Å². The van der Waals surface area contributed by atoms with E-state index >= 15 is 0 Å². The van der Waals surface area contributed by atoms with Crippen LogP contribution in [0.4, 0.5) is 5.82 Å². The van der Waals surface area contributed by atoms with Crippen LogP contribution in [0.2, 0.25) is 0 Å². The summed E-state index contributed by atoms with van der Waals surface area (Å²) < 4.78 is 1.82. The minimum Gasteiger partial charge on any atom is -0.384 e. The van der Waals surface area contributed by atoms with Gasteiger partial charge in [0, 0.05) is 12.6 Å². The Labute approximate surface area is 105 Å². The summed E-state index contributed by atoms with van der Waals surface area (Å²) in [5.41, 5.74) is 8.83. The van der Waals surface area contributed by atoms with Crippen LogP contribution in [-0.4, -0.2) is 9.78 Å². The van der Waals surface area contributed by atoms with Crippen LogP contribution in [0.25, 0.3) is 0 Å². The Morgan fingerprint density at radius 3 is 2.41 bits per heavy atom. The highest BCUT2D eigenvalue weighted by Crippen LogP contribution is 2.30. The van der Waals surface area contributed by atoms with Gasteiger partial charge in [-0.2, -0.15) is 5.10 Å². The van der Waals surface area contributed by atoms with Gasteiger partial charge in [0.25, 0.3) is 0 Å². The van der Waals surface area contributed by atoms with Gasteiger partial charge in [0.15, 0.2) is 0 Å². The van der Waals surface area contributed by atoms with Gasteiger partial charge in [0.2, 0.25) is 0 Å². The van der Waals surface area contributed by atoms with Crippen LogP contribution in [0, 0.1) is 11.3 Å². The van der Waals surface area contributed by atoms with E-state index in [-0.39, 0.29) is 0 Å². The normalized spacial score (nSPS) is 14.0. The summed E-state index contributed by atoms with van der Waals surface area (Å²) in [5, 5.41) is 4.57. The standard InChI is InChI=1S/C14H27N3/c1-7-8-11-12(16-17(6)13(11)15)9-10(2)14(3,4)5/h10H,7-9,15H2,1-6H3. The SMILES string of the molecule is CCCc1c(CC(C)C(C)(C)C)nn(C)c1N. The van der Waals surface area contributed by atoms with Gasteiger partial charge in [-0.3, -0.25) is 4.68 Å². The average Bonchev–Trinajstić information content (AvgIpc) is 2.45. The van der Waals surface area contributed by atoms with E-state index in [4.69, 9.17) is 5.73 Å². The van der Waals surface area contributed by atoms with Crippen molar-refractivity contribution in [2.24, 2.45) is 18.4 Å². The molecule has 1 atom stereocenters. The number of hydrogen-bond acceptors (Lipinski definition) is 2. The largest absolute Gasteiger partial charge is 0.384 e. The Morgan fingerprint density at radius 2 is 1.94 bits per heavy atom. The molecule has 0 bridgehead atoms. The van der Waals surface area contributed by atoms with Gasteiger partial charge < -0.3 is 5.73 Å². The number of anilines is 1. The summed E-state index contributed by atoms with van der Waals surface area (Å²) in [5.74, 6) is 1.44. The number of hydrogen-bond donors (Lipinski definition) is 1. The predicted octanol–water partition coefficient (Wildman–Crippen LogP) is 3.18. The lowest BCUT2D eigenvalue weighted by molar-refractivity contribution is 0.258. The first-order chi connectivity index (χ1) is 7.77. The maximum Gasteiger partial charge on any atom is 0.124 e. The average molecular weight is 237 g/mol. The molecule has 1 rings (SSSR count). The zero-order chi connectivity index (χ0) is 13.2. The van der Waals surface area contributed by atoms with Crippen molar-refractivity contribution in [1.82, 2.24) is 9.78 Å². The fourth-order valence-corrected chi connectivity index (χ4v) is 1.92. The molecular weight excluding hydrogens is 210 g/mol. The van der Waals surface area contributed by atoms with E-state index in [0.717, 1.165) is 25.1 Å². The predicted molar refractivity (Wildman–Crippen MR) is 73.9 cm³/mol. The van der Waals surface area contributed by atoms with Crippen LogP contribution < -0.4 is 5.73 Å². The van der Waals surface area contributed by atoms with Gasteiger partial charge in [0.1, 0.15) is 5.82 Å². The van der Waals surface area contributed by atoms with Gasteiger partial charge in [-0.25, -0.2) is 0 Å². The Kier molecular flexibility index (Phi) is 4.23. The molecule has 1 aromatic rings. The summed E-state index contributed by atoms with van der Waals surface area (Å²) >= 11 is 0. The van der Waals surface area contributed by atoms with Crippen LogP contribution in [0.5, 0.6) is 0 Å². The zero-order valence-corrected chi connectivity index (χ0v) is 12.2. The summed E-state index contributed by atoms with van der Waals surface area (Å²) in [6.45, 7) is 11.3. The number of rotatable bonds is 4. The molecule has 0 radical (unpaired) electrons. The fraction of sp³-hybridized carbons (Fsp3) is 0.786. The lowest BCUT2D eigenvalue weighted by Gasteiger charge is -2.26. The number of aromatic nitrogens is 2. The van der Waals surface area contributed by atoms with E-state index in [9.17, 15) is 0 Å². The number of nitrogens with zero attached hydrogens (tertiary/aromatic N) is 2. The number of nitrogens with two attached hydrogens (primary N) is 1. The third kappa shape index (κ3) is 3.24. The highest BCUT2D eigenvalue weighted by Gasteiger charge is 2.23. The Bertz CT molecular complexity index is 372. The molecule has 1 aromatic heterocycles. The van der Waals surface area contributed by atoms with Crippen molar-refractivity contribution in [1.29, 1.82) is 0 Å². The van der Waals surface area contributed by atoms with Crippen LogP contribution in [0.3, 0.4) is 0 Å². The van der Waals surface area contributed by atoms with Crippen molar-refractivity contribution in [2.75, 3.05) is 5.73 Å². The maximum absolute atomic E-state index is 6.07. The number of nitrogen functional groups attached to an aromatic ring is 1. The van der Waals surface area contributed by atoms with E-state index in [1.165, 1.54) is 11.3 Å². The van der Waals surface area contributed by atoms with Crippen LogP contribution in [0.1, 0.15) is 52.3 Å². The minimum atomic E-state index is 0.315. The van der Waals surface area contributed by atoms with Crippen molar-refractivity contribution >= 4 is 5.82 Å². The van der Waals surface area contributed by atoms with Crippen molar-refractivity contribution < 1.29 is 0 Å². The van der Waals surface area contributed by atoms with Crippen LogP contribution >= 0.6 is 0 Å².